The normalized spacial score (nSPS) is 11.1. The van der Waals surface area contributed by atoms with Crippen LogP contribution in [0.15, 0.2) is 35.6 Å². The molecule has 3 rings (SSSR count). The number of aryl methyl sites for hydroxylation is 1. The van der Waals surface area contributed by atoms with E-state index in [1.54, 1.807) is 24.4 Å². The van der Waals surface area contributed by atoms with Gasteiger partial charge in [0.25, 0.3) is 0 Å². The van der Waals surface area contributed by atoms with Crippen LogP contribution < -0.4 is 0 Å². The van der Waals surface area contributed by atoms with Crippen molar-refractivity contribution >= 4 is 30.2 Å². The second-order valence-electron chi connectivity index (χ2n) is 7.42. The van der Waals surface area contributed by atoms with Crippen LogP contribution in [0.3, 0.4) is 0 Å². The van der Waals surface area contributed by atoms with Crippen LogP contribution in [-0.4, -0.2) is 51.9 Å². The third kappa shape index (κ3) is 7.02. The van der Waals surface area contributed by atoms with Crippen LogP contribution in [-0.2, 0) is 6.54 Å². The van der Waals surface area contributed by atoms with Crippen molar-refractivity contribution in [1.82, 2.24) is 19.9 Å². The Morgan fingerprint density at radius 1 is 1.23 bits per heavy atom. The molecule has 35 heavy (non-hydrogen) atoms. The molecule has 0 unspecified atom stereocenters. The number of ketones is 1. The van der Waals surface area contributed by atoms with E-state index in [1.807, 2.05) is 13.8 Å². The van der Waals surface area contributed by atoms with Gasteiger partial charge in [-0.3, -0.25) is 14.0 Å². The number of aldehydes is 1. The molecule has 0 bridgehead atoms. The molecule has 1 aromatic carbocycles. The zero-order valence-electron chi connectivity index (χ0n) is 20.0. The van der Waals surface area contributed by atoms with Crippen LogP contribution in [0.25, 0.3) is 6.08 Å². The van der Waals surface area contributed by atoms with Crippen LogP contribution in [0.1, 0.15) is 63.8 Å². The fourth-order valence-electron chi connectivity index (χ4n) is 3.15. The van der Waals surface area contributed by atoms with Crippen molar-refractivity contribution in [2.45, 2.75) is 33.7 Å². The molecule has 0 aliphatic heterocycles. The molecular formula is C25H28F3N5O2. The van der Waals surface area contributed by atoms with Gasteiger partial charge in [0, 0.05) is 30.6 Å². The van der Waals surface area contributed by atoms with E-state index in [2.05, 4.69) is 19.9 Å². The molecule has 0 aliphatic rings. The van der Waals surface area contributed by atoms with Gasteiger partial charge in [0.05, 0.1) is 30.2 Å². The van der Waals surface area contributed by atoms with E-state index in [0.717, 1.165) is 24.2 Å². The number of aliphatic imine (C=N–C) groups is 1. The highest BCUT2D eigenvalue weighted by atomic mass is 19.1. The lowest BCUT2D eigenvalue weighted by Gasteiger charge is -2.12. The van der Waals surface area contributed by atoms with Crippen molar-refractivity contribution < 1.29 is 22.8 Å². The number of H-pyrrole nitrogens is 2. The fourth-order valence-corrected chi connectivity index (χ4v) is 3.15. The summed E-state index contributed by atoms with van der Waals surface area (Å²) in [6.07, 6.45) is 7.58. The molecule has 0 aliphatic carbocycles. The molecule has 3 aromatic rings. The van der Waals surface area contributed by atoms with Gasteiger partial charge >= 0.3 is 0 Å². The van der Waals surface area contributed by atoms with E-state index in [-0.39, 0.29) is 23.5 Å². The summed E-state index contributed by atoms with van der Waals surface area (Å²) in [5.41, 5.74) is 0.530. The first-order valence-electron chi connectivity index (χ1n) is 10.9. The van der Waals surface area contributed by atoms with Crippen molar-refractivity contribution in [3.8, 4) is 0 Å². The topological polar surface area (TPSA) is 94.2 Å². The number of aromatic nitrogens is 3. The van der Waals surface area contributed by atoms with E-state index in [1.165, 1.54) is 25.3 Å². The minimum absolute atomic E-state index is 0.00854. The van der Waals surface area contributed by atoms with Crippen molar-refractivity contribution in [1.29, 1.82) is 0 Å². The molecule has 2 heterocycles. The smallest absolute Gasteiger partial charge is 0.201 e. The first kappa shape index (κ1) is 27.3. The zero-order chi connectivity index (χ0) is 26.0. The molecule has 0 saturated carbocycles. The second kappa shape index (κ2) is 13.1. The van der Waals surface area contributed by atoms with Crippen LogP contribution in [0.5, 0.6) is 0 Å². The van der Waals surface area contributed by atoms with Crippen LogP contribution in [0.4, 0.5) is 19.0 Å². The van der Waals surface area contributed by atoms with Gasteiger partial charge in [-0.15, -0.1) is 0 Å². The van der Waals surface area contributed by atoms with Gasteiger partial charge in [-0.25, -0.2) is 18.8 Å². The summed E-state index contributed by atoms with van der Waals surface area (Å²) in [5.74, 6) is -1.48. The molecule has 0 saturated heterocycles. The number of aromatic amines is 2. The van der Waals surface area contributed by atoms with Gasteiger partial charge < -0.3 is 14.9 Å². The number of hydrogen-bond acceptors (Lipinski definition) is 5. The Morgan fingerprint density at radius 2 is 1.89 bits per heavy atom. The Morgan fingerprint density at radius 3 is 2.49 bits per heavy atom. The van der Waals surface area contributed by atoms with Gasteiger partial charge in [0.2, 0.25) is 5.78 Å². The number of hydrogen-bond donors (Lipinski definition) is 2. The number of benzene rings is 1. The van der Waals surface area contributed by atoms with E-state index >= 15 is 0 Å². The van der Waals surface area contributed by atoms with Gasteiger partial charge in [-0.1, -0.05) is 13.0 Å². The number of carbonyl (C=O) groups is 2. The number of rotatable bonds is 9. The lowest BCUT2D eigenvalue weighted by Crippen LogP contribution is -2.11. The molecule has 2 aromatic heterocycles. The second-order valence-corrected chi connectivity index (χ2v) is 7.42. The highest BCUT2D eigenvalue weighted by Gasteiger charge is 2.23. The molecule has 10 heteroatoms. The lowest BCUT2D eigenvalue weighted by atomic mass is 10.00. The Bertz CT molecular complexity index is 1190. The largest absolute Gasteiger partial charge is 0.373 e. The third-order valence-electron chi connectivity index (χ3n) is 4.70. The summed E-state index contributed by atoms with van der Waals surface area (Å²) in [6.45, 7) is 5.48. The number of alkyl halides is 1. The van der Waals surface area contributed by atoms with Crippen LogP contribution in [0.2, 0.25) is 0 Å². The minimum Gasteiger partial charge on any atom is -0.373 e. The molecular weight excluding hydrogens is 459 g/mol. The maximum atomic E-state index is 14.1. The minimum atomic E-state index is -0.967. The number of carbonyl (C=O) groups excluding carboxylic acids is 2. The van der Waals surface area contributed by atoms with Crippen molar-refractivity contribution in [3.63, 3.8) is 0 Å². The molecule has 186 valence electrons. The van der Waals surface area contributed by atoms with E-state index in [0.29, 0.717) is 24.5 Å². The molecule has 0 amide bonds. The van der Waals surface area contributed by atoms with Crippen molar-refractivity contribution in [2.75, 3.05) is 13.7 Å². The predicted octanol–water partition coefficient (Wildman–Crippen LogP) is 5.56. The molecule has 0 atom stereocenters. The SMILES string of the molecule is CC/C=N\c1nc(CN(C)/C=C\c2c(C(=O)c3c(F)cccc3F)c[nH]c2C=O)[nH]c1C.CCF. The molecule has 0 radical (unpaired) electrons. The number of nitrogens with zero attached hydrogens (tertiary/aromatic N) is 3. The van der Waals surface area contributed by atoms with Crippen molar-refractivity contribution in [2.24, 2.45) is 4.99 Å². The zero-order valence-corrected chi connectivity index (χ0v) is 20.0. The van der Waals surface area contributed by atoms with E-state index in [9.17, 15) is 22.8 Å². The number of imidazole rings is 1. The number of halogens is 3. The van der Waals surface area contributed by atoms with Crippen LogP contribution >= 0.6 is 0 Å². The average Bonchev–Trinajstić information content (AvgIpc) is 3.38. The predicted molar refractivity (Wildman–Crippen MR) is 130 cm³/mol. The molecule has 2 N–H and O–H groups in total. The Hall–Kier alpha value is -3.95. The first-order valence-corrected chi connectivity index (χ1v) is 10.9. The summed E-state index contributed by atoms with van der Waals surface area (Å²) in [5, 5.41) is 0. The Labute approximate surface area is 201 Å². The highest BCUT2D eigenvalue weighted by molar-refractivity contribution is 6.12. The highest BCUT2D eigenvalue weighted by Crippen LogP contribution is 2.23. The maximum absolute atomic E-state index is 14.1. The summed E-state index contributed by atoms with van der Waals surface area (Å²) in [6, 6.07) is 3.20. The summed E-state index contributed by atoms with van der Waals surface area (Å²) < 4.78 is 38.5. The molecule has 0 spiro atoms. The van der Waals surface area contributed by atoms with Gasteiger partial charge in [0.1, 0.15) is 17.5 Å². The lowest BCUT2D eigenvalue weighted by molar-refractivity contribution is 0.103. The Balaban J connectivity index is 0.00000137. The quantitative estimate of drug-likeness (QED) is 0.235. The first-order chi connectivity index (χ1) is 16.8. The third-order valence-corrected chi connectivity index (χ3v) is 4.70. The summed E-state index contributed by atoms with van der Waals surface area (Å²) in [4.78, 5) is 40.6. The monoisotopic (exact) mass is 487 g/mol. The standard InChI is InChI=1S/C23H23F2N5O2.C2H5F/c1-4-9-26-23-14(2)28-20(29-23)12-30(3)10-8-15-16(11-27-19(15)13-31)22(32)21-17(24)6-5-7-18(21)25;1-2-3/h5-11,13,27H,4,12H2,1-3H3,(H,28,29);2H2,1H3/b10-8-,26-9-;. The maximum Gasteiger partial charge on any atom is 0.201 e. The molecule has 0 fully saturated rings. The van der Waals surface area contributed by atoms with Gasteiger partial charge in [0.15, 0.2) is 12.1 Å². The van der Waals surface area contributed by atoms with Crippen LogP contribution in [0, 0.1) is 18.6 Å². The van der Waals surface area contributed by atoms with Gasteiger partial charge in [-0.2, -0.15) is 0 Å². The number of nitrogens with one attached hydrogen (secondary N) is 2. The van der Waals surface area contributed by atoms with Crippen molar-refractivity contribution in [3.05, 3.63) is 76.1 Å². The average molecular weight is 488 g/mol. The Kier molecular flexibility index (Phi) is 10.2. The van der Waals surface area contributed by atoms with Gasteiger partial charge in [-0.05, 0) is 44.7 Å². The van der Waals surface area contributed by atoms with E-state index < -0.39 is 23.0 Å². The van der Waals surface area contributed by atoms with E-state index in [4.69, 9.17) is 0 Å². The molecule has 7 nitrogen and oxygen atoms in total. The summed E-state index contributed by atoms with van der Waals surface area (Å²) in [7, 11) is 1.79. The summed E-state index contributed by atoms with van der Waals surface area (Å²) >= 11 is 0. The fraction of sp³-hybridized carbons (Fsp3) is 0.280.